The predicted octanol–water partition coefficient (Wildman–Crippen LogP) is 11.2. The molecule has 2 saturated carbocycles. The molecule has 6 rings (SSSR count). The molecule has 2 aliphatic rings. The van der Waals surface area contributed by atoms with Crippen molar-refractivity contribution in [3.05, 3.63) is 140 Å². The molecule has 0 aliphatic heterocycles. The van der Waals surface area contributed by atoms with Crippen molar-refractivity contribution in [3.63, 3.8) is 0 Å². The maximum Gasteiger partial charge on any atom is -0.00217 e. The minimum atomic E-state index is 0.0643. The molecule has 0 heterocycles. The highest BCUT2D eigenvalue weighted by atomic mass is 14.6. The second kappa shape index (κ2) is 10.2. The zero-order chi connectivity index (χ0) is 30.9. The molecule has 0 nitrogen and oxygen atoms in total. The quantitative estimate of drug-likeness (QED) is 0.230. The van der Waals surface area contributed by atoms with Crippen LogP contribution in [0.3, 0.4) is 0 Å². The molecule has 4 aromatic rings. The number of aryl methyl sites for hydroxylation is 8. The zero-order valence-corrected chi connectivity index (χ0v) is 28.5. The highest BCUT2D eigenvalue weighted by molar-refractivity contribution is 5.48. The molecule has 0 radical (unpaired) electrons. The van der Waals surface area contributed by atoms with E-state index in [1.165, 1.54) is 87.7 Å². The van der Waals surface area contributed by atoms with E-state index in [1.807, 2.05) is 0 Å². The van der Waals surface area contributed by atoms with Gasteiger partial charge in [-0.3, -0.25) is 0 Å². The fraction of sp³-hybridized carbons (Fsp3) is 0.442. The van der Waals surface area contributed by atoms with Gasteiger partial charge in [0.2, 0.25) is 0 Å². The van der Waals surface area contributed by atoms with Gasteiger partial charge in [-0.15, -0.1) is 0 Å². The molecule has 2 aliphatic carbocycles. The second-order valence-electron chi connectivity index (χ2n) is 15.8. The van der Waals surface area contributed by atoms with Crippen LogP contribution in [0.1, 0.15) is 113 Å². The average Bonchev–Trinajstić information content (AvgIpc) is 2.93. The minimum Gasteiger partial charge on any atom is -0.0588 e. The van der Waals surface area contributed by atoms with Gasteiger partial charge in [0, 0.05) is 0 Å². The van der Waals surface area contributed by atoms with E-state index >= 15 is 0 Å². The Balaban J connectivity index is 1.65. The van der Waals surface area contributed by atoms with E-state index in [0.29, 0.717) is 0 Å². The number of hydrogen-bond acceptors (Lipinski definition) is 0. The van der Waals surface area contributed by atoms with E-state index in [1.54, 1.807) is 11.1 Å². The van der Waals surface area contributed by atoms with Gasteiger partial charge in [-0.25, -0.2) is 0 Å². The number of hydrogen-bond donors (Lipinski definition) is 0. The summed E-state index contributed by atoms with van der Waals surface area (Å²) in [5, 5.41) is 0. The van der Waals surface area contributed by atoms with Crippen molar-refractivity contribution in [3.8, 4) is 0 Å². The van der Waals surface area contributed by atoms with E-state index < -0.39 is 0 Å². The molecular formula is C43H52. The Kier molecular flexibility index (Phi) is 7.11. The molecule has 0 unspecified atom stereocenters. The summed E-state index contributed by atoms with van der Waals surface area (Å²) in [5.41, 5.74) is 17.6. The third-order valence-corrected chi connectivity index (χ3v) is 12.2. The Morgan fingerprint density at radius 2 is 0.581 bits per heavy atom. The highest BCUT2D eigenvalue weighted by Gasteiger charge is 2.61. The Morgan fingerprint density at radius 3 is 0.860 bits per heavy atom. The highest BCUT2D eigenvalue weighted by Crippen LogP contribution is 2.67. The fourth-order valence-corrected chi connectivity index (χ4v) is 9.53. The van der Waals surface area contributed by atoms with Gasteiger partial charge < -0.3 is 0 Å². The first-order valence-corrected chi connectivity index (χ1v) is 16.5. The third-order valence-electron chi connectivity index (χ3n) is 12.2. The third kappa shape index (κ3) is 5.00. The topological polar surface area (TPSA) is 0 Å². The second-order valence-corrected chi connectivity index (χ2v) is 15.8. The van der Waals surface area contributed by atoms with Crippen LogP contribution in [0.4, 0.5) is 0 Å². The lowest BCUT2D eigenvalue weighted by Crippen LogP contribution is -2.59. The van der Waals surface area contributed by atoms with E-state index in [-0.39, 0.29) is 21.7 Å². The van der Waals surface area contributed by atoms with Crippen LogP contribution in [0, 0.1) is 55.4 Å². The van der Waals surface area contributed by atoms with Gasteiger partial charge in [-0.1, -0.05) is 86.6 Å². The lowest BCUT2D eigenvalue weighted by atomic mass is 9.39. The summed E-state index contributed by atoms with van der Waals surface area (Å²) < 4.78 is 0. The molecule has 43 heavy (non-hydrogen) atoms. The number of benzene rings is 4. The van der Waals surface area contributed by atoms with Crippen molar-refractivity contribution in [2.24, 2.45) is 0 Å². The Morgan fingerprint density at radius 1 is 0.326 bits per heavy atom. The van der Waals surface area contributed by atoms with Crippen LogP contribution in [0.15, 0.2) is 72.8 Å². The van der Waals surface area contributed by atoms with Crippen LogP contribution in [0.25, 0.3) is 0 Å². The van der Waals surface area contributed by atoms with Gasteiger partial charge in [-0.2, -0.15) is 0 Å². The Hall–Kier alpha value is -3.12. The molecule has 0 aromatic heterocycles. The van der Waals surface area contributed by atoms with Gasteiger partial charge in [0.05, 0.1) is 0 Å². The lowest BCUT2D eigenvalue weighted by molar-refractivity contribution is 0.0165. The molecule has 2 bridgehead atoms. The van der Waals surface area contributed by atoms with Crippen molar-refractivity contribution in [2.45, 2.75) is 123 Å². The molecule has 2 fully saturated rings. The summed E-state index contributed by atoms with van der Waals surface area (Å²) in [5.74, 6) is 0. The predicted molar refractivity (Wildman–Crippen MR) is 185 cm³/mol. The van der Waals surface area contributed by atoms with Gasteiger partial charge >= 0.3 is 0 Å². The van der Waals surface area contributed by atoms with Gasteiger partial charge in [0.1, 0.15) is 0 Å². The molecule has 0 atom stereocenters. The van der Waals surface area contributed by atoms with E-state index in [4.69, 9.17) is 0 Å². The van der Waals surface area contributed by atoms with Crippen LogP contribution >= 0.6 is 0 Å². The summed E-state index contributed by atoms with van der Waals surface area (Å²) >= 11 is 0. The van der Waals surface area contributed by atoms with Crippen molar-refractivity contribution >= 4 is 0 Å². The first kappa shape index (κ1) is 29.9. The first-order valence-electron chi connectivity index (χ1n) is 16.5. The van der Waals surface area contributed by atoms with Crippen molar-refractivity contribution in [1.29, 1.82) is 0 Å². The van der Waals surface area contributed by atoms with Crippen molar-refractivity contribution < 1.29 is 0 Å². The summed E-state index contributed by atoms with van der Waals surface area (Å²) in [6.45, 7) is 23.4. The largest absolute Gasteiger partial charge is 0.0588 e. The van der Waals surface area contributed by atoms with Crippen LogP contribution in [0.2, 0.25) is 0 Å². The summed E-state index contributed by atoms with van der Waals surface area (Å²) in [6.07, 6.45) is 5.93. The van der Waals surface area contributed by atoms with Gasteiger partial charge in [0.25, 0.3) is 0 Å². The normalized spacial score (nSPS) is 28.6. The Labute approximate surface area is 262 Å². The van der Waals surface area contributed by atoms with E-state index in [2.05, 4.69) is 142 Å². The molecular weight excluding hydrogens is 516 g/mol. The van der Waals surface area contributed by atoms with Crippen LogP contribution in [-0.4, -0.2) is 0 Å². The van der Waals surface area contributed by atoms with Crippen LogP contribution in [-0.2, 0) is 21.7 Å². The smallest absolute Gasteiger partial charge is 0.00217 e. The maximum atomic E-state index is 2.60. The number of fused-ring (bicyclic) bond motifs is 2. The van der Waals surface area contributed by atoms with Gasteiger partial charge in [0.15, 0.2) is 0 Å². The molecule has 0 saturated heterocycles. The van der Waals surface area contributed by atoms with Crippen LogP contribution < -0.4 is 0 Å². The van der Waals surface area contributed by atoms with Gasteiger partial charge in [-0.05, 0) is 176 Å². The summed E-state index contributed by atoms with van der Waals surface area (Å²) in [7, 11) is 0. The first-order chi connectivity index (χ1) is 20.2. The minimum absolute atomic E-state index is 0.0643. The van der Waals surface area contributed by atoms with Crippen molar-refractivity contribution in [1.82, 2.24) is 0 Å². The SMILES string of the molecule is Cc1ccc(C2(C)CC3(c4ccc(C)c(C)c4)CC(C)(c4ccc(C)c(C)c4)CC(c4ccc(C)c(C)c4)(C2)C3)cc1C. The summed E-state index contributed by atoms with van der Waals surface area (Å²) in [6, 6.07) is 29.5. The van der Waals surface area contributed by atoms with E-state index in [9.17, 15) is 0 Å². The number of rotatable bonds is 4. The molecule has 4 aromatic carbocycles. The average molecular weight is 569 g/mol. The fourth-order valence-electron chi connectivity index (χ4n) is 9.53. The lowest BCUT2D eigenvalue weighted by Gasteiger charge is -2.64. The van der Waals surface area contributed by atoms with E-state index in [0.717, 1.165) is 0 Å². The van der Waals surface area contributed by atoms with Crippen LogP contribution in [0.5, 0.6) is 0 Å². The standard InChI is InChI=1S/C43H52/c1-28-11-15-36(19-32(28)5)40(9)23-42(38-17-13-30(3)34(7)21-38)25-41(10,37-16-12-29(2)33(6)20-37)26-43(24-40,27-42)39-18-14-31(4)35(8)22-39/h11-22H,23-27H2,1-10H3. The maximum absolute atomic E-state index is 2.60. The molecule has 224 valence electrons. The zero-order valence-electron chi connectivity index (χ0n) is 28.5. The molecule has 0 N–H and O–H groups in total. The van der Waals surface area contributed by atoms with Crippen molar-refractivity contribution in [2.75, 3.05) is 0 Å². The Bertz CT molecular complexity index is 1560. The molecule has 0 amide bonds. The molecule has 0 spiro atoms. The monoisotopic (exact) mass is 568 g/mol. The molecule has 0 heteroatoms. The summed E-state index contributed by atoms with van der Waals surface area (Å²) in [4.78, 5) is 0.